The number of nitrogens with one attached hydrogen (secondary N) is 2. The van der Waals surface area contributed by atoms with Crippen molar-refractivity contribution in [1.82, 2.24) is 15.5 Å². The van der Waals surface area contributed by atoms with Crippen LogP contribution in [0.1, 0.15) is 58.2 Å². The lowest BCUT2D eigenvalue weighted by atomic mass is 10.0. The Bertz CT molecular complexity index is 894. The van der Waals surface area contributed by atoms with Crippen LogP contribution in [0.3, 0.4) is 0 Å². The fourth-order valence-electron chi connectivity index (χ4n) is 3.55. The van der Waals surface area contributed by atoms with Crippen molar-refractivity contribution < 1.29 is 28.7 Å². The van der Waals surface area contributed by atoms with Crippen LogP contribution in [-0.2, 0) is 23.9 Å². The molecule has 1 fully saturated rings. The van der Waals surface area contributed by atoms with Gasteiger partial charge in [-0.3, -0.25) is 14.4 Å². The molecule has 2 rings (SSSR count). The first-order valence-corrected chi connectivity index (χ1v) is 11.1. The van der Waals surface area contributed by atoms with E-state index in [9.17, 15) is 19.2 Å². The molecule has 1 aliphatic carbocycles. The van der Waals surface area contributed by atoms with Gasteiger partial charge in [-0.2, -0.15) is 0 Å². The molecule has 4 unspecified atom stereocenters. The number of carbonyl (C=O) groups excluding carboxylic acids is 4. The predicted molar refractivity (Wildman–Crippen MR) is 122 cm³/mol. The van der Waals surface area contributed by atoms with E-state index in [0.29, 0.717) is 5.56 Å². The van der Waals surface area contributed by atoms with E-state index in [1.165, 1.54) is 12.0 Å². The van der Waals surface area contributed by atoms with E-state index in [1.807, 2.05) is 32.0 Å². The summed E-state index contributed by atoms with van der Waals surface area (Å²) < 4.78 is 9.89. The van der Waals surface area contributed by atoms with Gasteiger partial charge in [-0.15, -0.1) is 0 Å². The third-order valence-electron chi connectivity index (χ3n) is 5.30. The number of amides is 3. The van der Waals surface area contributed by atoms with E-state index in [1.54, 1.807) is 33.8 Å². The standard InChI is InChI=1S/C24H35N3O6/c1-14-9-8-10-17(11-14)20(21(29)25-13-19(28)32-7)27(18-12-15(18)2)22(30)16(3)26-23(31)33-24(4,5)6/h8-11,15-16,18,20H,12-13H2,1-7H3,(H,25,29)(H,26,31). The first-order chi connectivity index (χ1) is 15.3. The van der Waals surface area contributed by atoms with E-state index in [0.717, 1.165) is 12.0 Å². The summed E-state index contributed by atoms with van der Waals surface area (Å²) in [7, 11) is 1.23. The van der Waals surface area contributed by atoms with E-state index >= 15 is 0 Å². The summed E-state index contributed by atoms with van der Waals surface area (Å²) in [5.41, 5.74) is 0.832. The molecule has 1 aliphatic rings. The number of hydrogen-bond acceptors (Lipinski definition) is 6. The van der Waals surface area contributed by atoms with Crippen LogP contribution in [-0.4, -0.2) is 60.1 Å². The molecule has 0 heterocycles. The first-order valence-electron chi connectivity index (χ1n) is 11.1. The zero-order valence-corrected chi connectivity index (χ0v) is 20.4. The third kappa shape index (κ3) is 7.47. The number of aryl methyl sites for hydroxylation is 1. The van der Waals surface area contributed by atoms with Crippen LogP contribution in [0.4, 0.5) is 4.79 Å². The van der Waals surface area contributed by atoms with Crippen LogP contribution < -0.4 is 10.6 Å². The van der Waals surface area contributed by atoms with Crippen LogP contribution in [0.5, 0.6) is 0 Å². The lowest BCUT2D eigenvalue weighted by Crippen LogP contribution is -2.53. The van der Waals surface area contributed by atoms with Gasteiger partial charge in [0.25, 0.3) is 0 Å². The summed E-state index contributed by atoms with van der Waals surface area (Å²) in [5.74, 6) is -1.30. The molecule has 2 N–H and O–H groups in total. The number of ether oxygens (including phenoxy) is 2. The highest BCUT2D eigenvalue weighted by atomic mass is 16.6. The third-order valence-corrected chi connectivity index (χ3v) is 5.30. The van der Waals surface area contributed by atoms with Crippen molar-refractivity contribution in [3.63, 3.8) is 0 Å². The number of benzene rings is 1. The number of alkyl carbamates (subject to hydrolysis) is 1. The van der Waals surface area contributed by atoms with Gasteiger partial charge < -0.3 is 25.0 Å². The molecular weight excluding hydrogens is 426 g/mol. The van der Waals surface area contributed by atoms with Crippen LogP contribution in [0.2, 0.25) is 0 Å². The summed E-state index contributed by atoms with van der Waals surface area (Å²) >= 11 is 0. The SMILES string of the molecule is COC(=O)CNC(=O)C(c1cccc(C)c1)N(C(=O)C(C)NC(=O)OC(C)(C)C)C1CC1C. The average molecular weight is 462 g/mol. The summed E-state index contributed by atoms with van der Waals surface area (Å²) in [6.45, 7) is 10.3. The maximum Gasteiger partial charge on any atom is 0.408 e. The normalized spacial score (nSPS) is 19.0. The maximum atomic E-state index is 13.6. The highest BCUT2D eigenvalue weighted by Gasteiger charge is 2.47. The van der Waals surface area contributed by atoms with Crippen molar-refractivity contribution in [3.8, 4) is 0 Å². The van der Waals surface area contributed by atoms with Gasteiger partial charge in [-0.25, -0.2) is 4.79 Å². The van der Waals surface area contributed by atoms with Gasteiger partial charge in [0.15, 0.2) is 0 Å². The highest BCUT2D eigenvalue weighted by Crippen LogP contribution is 2.40. The Kier molecular flexibility index (Phi) is 8.46. The molecule has 0 aliphatic heterocycles. The highest BCUT2D eigenvalue weighted by molar-refractivity contribution is 5.93. The number of carbonyl (C=O) groups is 4. The Balaban J connectivity index is 2.35. The number of esters is 1. The lowest BCUT2D eigenvalue weighted by molar-refractivity contribution is -0.145. The Morgan fingerprint density at radius 2 is 1.85 bits per heavy atom. The van der Waals surface area contributed by atoms with Crippen LogP contribution in [0, 0.1) is 12.8 Å². The number of rotatable bonds is 8. The van der Waals surface area contributed by atoms with E-state index in [2.05, 4.69) is 15.4 Å². The molecule has 0 saturated heterocycles. The topological polar surface area (TPSA) is 114 Å². The largest absolute Gasteiger partial charge is 0.468 e. The fraction of sp³-hybridized carbons (Fsp3) is 0.583. The van der Waals surface area contributed by atoms with Gasteiger partial charge in [-0.1, -0.05) is 36.8 Å². The molecular formula is C24H35N3O6. The molecule has 0 spiro atoms. The van der Waals surface area contributed by atoms with Gasteiger partial charge in [0.1, 0.15) is 24.2 Å². The van der Waals surface area contributed by atoms with Crippen molar-refractivity contribution >= 4 is 23.9 Å². The summed E-state index contributed by atoms with van der Waals surface area (Å²) in [5, 5.41) is 5.15. The minimum atomic E-state index is -0.972. The zero-order chi connectivity index (χ0) is 24.9. The molecule has 3 amide bonds. The molecule has 0 radical (unpaired) electrons. The Hall–Kier alpha value is -3.10. The monoisotopic (exact) mass is 461 g/mol. The van der Waals surface area contributed by atoms with Gasteiger partial charge in [0.2, 0.25) is 11.8 Å². The van der Waals surface area contributed by atoms with Crippen molar-refractivity contribution in [2.45, 2.75) is 71.7 Å². The second-order valence-corrected chi connectivity index (χ2v) is 9.50. The van der Waals surface area contributed by atoms with E-state index < -0.39 is 41.6 Å². The van der Waals surface area contributed by atoms with Crippen molar-refractivity contribution in [2.75, 3.05) is 13.7 Å². The predicted octanol–water partition coefficient (Wildman–Crippen LogP) is 2.48. The molecule has 33 heavy (non-hydrogen) atoms. The number of hydrogen-bond donors (Lipinski definition) is 2. The van der Waals surface area contributed by atoms with Gasteiger partial charge in [0.05, 0.1) is 7.11 Å². The fourth-order valence-corrected chi connectivity index (χ4v) is 3.55. The van der Waals surface area contributed by atoms with E-state index in [4.69, 9.17) is 4.74 Å². The Labute approximate surface area is 195 Å². The maximum absolute atomic E-state index is 13.6. The molecule has 9 heteroatoms. The minimum absolute atomic E-state index is 0.172. The molecule has 0 aromatic heterocycles. The Morgan fingerprint density at radius 3 is 2.36 bits per heavy atom. The van der Waals surface area contributed by atoms with Gasteiger partial charge in [0, 0.05) is 6.04 Å². The second kappa shape index (κ2) is 10.7. The van der Waals surface area contributed by atoms with Crippen LogP contribution in [0.25, 0.3) is 0 Å². The lowest BCUT2D eigenvalue weighted by Gasteiger charge is -2.34. The molecule has 1 aromatic carbocycles. The summed E-state index contributed by atoms with van der Waals surface area (Å²) in [4.78, 5) is 52.2. The number of methoxy groups -OCH3 is 1. The smallest absolute Gasteiger partial charge is 0.408 e. The average Bonchev–Trinajstić information content (AvgIpc) is 3.43. The molecule has 4 atom stereocenters. The first kappa shape index (κ1) is 26.2. The molecule has 1 aromatic rings. The van der Waals surface area contributed by atoms with Crippen molar-refractivity contribution in [1.29, 1.82) is 0 Å². The molecule has 0 bridgehead atoms. The van der Waals surface area contributed by atoms with Crippen molar-refractivity contribution in [3.05, 3.63) is 35.4 Å². The molecule has 9 nitrogen and oxygen atoms in total. The Morgan fingerprint density at radius 1 is 1.21 bits per heavy atom. The molecule has 1 saturated carbocycles. The zero-order valence-electron chi connectivity index (χ0n) is 20.4. The van der Waals surface area contributed by atoms with Gasteiger partial charge in [-0.05, 0) is 52.5 Å². The summed E-state index contributed by atoms with van der Waals surface area (Å²) in [6, 6.07) is 5.25. The van der Waals surface area contributed by atoms with Crippen LogP contribution in [0.15, 0.2) is 24.3 Å². The molecule has 182 valence electrons. The van der Waals surface area contributed by atoms with Crippen LogP contribution >= 0.6 is 0 Å². The summed E-state index contributed by atoms with van der Waals surface area (Å²) in [6.07, 6.45) is 0.0201. The second-order valence-electron chi connectivity index (χ2n) is 9.50. The van der Waals surface area contributed by atoms with Gasteiger partial charge >= 0.3 is 12.1 Å². The quantitative estimate of drug-likeness (QED) is 0.575. The van der Waals surface area contributed by atoms with E-state index in [-0.39, 0.29) is 18.5 Å². The van der Waals surface area contributed by atoms with Crippen molar-refractivity contribution in [2.24, 2.45) is 5.92 Å². The number of nitrogens with zero attached hydrogens (tertiary/aromatic N) is 1. The minimum Gasteiger partial charge on any atom is -0.468 e.